The number of para-hydroxylation sites is 1. The molecule has 0 bridgehead atoms. The van der Waals surface area contributed by atoms with Crippen LogP contribution >= 0.6 is 34.8 Å². The molecule has 6 rings (SSSR count). The van der Waals surface area contributed by atoms with Crippen molar-refractivity contribution < 1.29 is 4.42 Å². The van der Waals surface area contributed by atoms with Crippen LogP contribution in [0.15, 0.2) is 77.2 Å². The Hall–Kier alpha value is -3.12. The maximum Gasteiger partial charge on any atom is 0.268 e. The fourth-order valence-electron chi connectivity index (χ4n) is 4.69. The van der Waals surface area contributed by atoms with Gasteiger partial charge in [0.25, 0.3) is 5.89 Å². The first-order valence-electron chi connectivity index (χ1n) is 11.7. The minimum atomic E-state index is -0.271. The molecule has 0 aliphatic heterocycles. The Labute approximate surface area is 223 Å². The third kappa shape index (κ3) is 3.92. The van der Waals surface area contributed by atoms with Crippen molar-refractivity contribution in [1.82, 2.24) is 20.0 Å². The van der Waals surface area contributed by atoms with E-state index in [4.69, 9.17) is 44.3 Å². The number of hydrogen-bond donors (Lipinski definition) is 0. The van der Waals surface area contributed by atoms with Crippen molar-refractivity contribution in [3.63, 3.8) is 0 Å². The highest BCUT2D eigenvalue weighted by Gasteiger charge is 2.51. The van der Waals surface area contributed by atoms with Gasteiger partial charge in [-0.1, -0.05) is 78.1 Å². The number of hydrogen-bond acceptors (Lipinski definition) is 4. The van der Waals surface area contributed by atoms with E-state index < -0.39 is 0 Å². The van der Waals surface area contributed by atoms with E-state index in [0.29, 0.717) is 39.0 Å². The van der Waals surface area contributed by atoms with Crippen LogP contribution in [0, 0.1) is 0 Å². The molecule has 180 valence electrons. The standard InChI is InChI=1S/C28H21Cl3N4O/c1-2-21-24(26-32-33-27(36-26)28(15-16-28)18-9-13-20(30)14-10-18)34-35(23-6-4-3-5-22(23)31)25(21)17-7-11-19(29)12-8-17/h3-14H,2,15-16H2,1H3. The summed E-state index contributed by atoms with van der Waals surface area (Å²) in [5.74, 6) is 0.991. The van der Waals surface area contributed by atoms with Crippen molar-refractivity contribution in [3.8, 4) is 28.5 Å². The number of halogens is 3. The van der Waals surface area contributed by atoms with Crippen LogP contribution in [0.1, 0.15) is 36.8 Å². The SMILES string of the molecule is CCc1c(-c2nnc(C3(c4ccc(Cl)cc4)CC3)o2)nn(-c2ccccc2Cl)c1-c1ccc(Cl)cc1. The molecule has 0 N–H and O–H groups in total. The summed E-state index contributed by atoms with van der Waals surface area (Å²) in [7, 11) is 0. The van der Waals surface area contributed by atoms with Gasteiger partial charge in [-0.25, -0.2) is 4.68 Å². The quantitative estimate of drug-likeness (QED) is 0.220. The summed E-state index contributed by atoms with van der Waals surface area (Å²) < 4.78 is 8.19. The average molecular weight is 536 g/mol. The lowest BCUT2D eigenvalue weighted by atomic mass is 9.96. The fourth-order valence-corrected chi connectivity index (χ4v) is 5.16. The number of aromatic nitrogens is 4. The van der Waals surface area contributed by atoms with Gasteiger partial charge >= 0.3 is 0 Å². The van der Waals surface area contributed by atoms with Gasteiger partial charge in [0, 0.05) is 21.2 Å². The predicted octanol–water partition coefficient (Wildman–Crippen LogP) is 8.19. The summed E-state index contributed by atoms with van der Waals surface area (Å²) in [5, 5.41) is 15.8. The second kappa shape index (κ2) is 9.07. The summed E-state index contributed by atoms with van der Waals surface area (Å²) in [4.78, 5) is 0. The average Bonchev–Trinajstić information content (AvgIpc) is 3.38. The molecule has 0 unspecified atom stereocenters. The van der Waals surface area contributed by atoms with E-state index in [2.05, 4.69) is 17.1 Å². The molecule has 0 saturated heterocycles. The topological polar surface area (TPSA) is 56.7 Å². The number of rotatable bonds is 6. The van der Waals surface area contributed by atoms with E-state index in [0.717, 1.165) is 40.9 Å². The number of benzene rings is 3. The van der Waals surface area contributed by atoms with E-state index >= 15 is 0 Å². The molecule has 1 fully saturated rings. The highest BCUT2D eigenvalue weighted by atomic mass is 35.5. The summed E-state index contributed by atoms with van der Waals surface area (Å²) >= 11 is 18.9. The summed E-state index contributed by atoms with van der Waals surface area (Å²) in [6, 6.07) is 23.2. The van der Waals surface area contributed by atoms with Gasteiger partial charge in [-0.3, -0.25) is 0 Å². The molecular formula is C28H21Cl3N4O. The van der Waals surface area contributed by atoms with Gasteiger partial charge in [0.1, 0.15) is 0 Å². The highest BCUT2D eigenvalue weighted by molar-refractivity contribution is 6.32. The predicted molar refractivity (Wildman–Crippen MR) is 143 cm³/mol. The van der Waals surface area contributed by atoms with Crippen molar-refractivity contribution >= 4 is 34.8 Å². The molecule has 36 heavy (non-hydrogen) atoms. The molecule has 0 amide bonds. The Morgan fingerprint density at radius 3 is 2.17 bits per heavy atom. The molecular weight excluding hydrogens is 515 g/mol. The van der Waals surface area contributed by atoms with Gasteiger partial charge in [0.2, 0.25) is 5.89 Å². The smallest absolute Gasteiger partial charge is 0.268 e. The molecule has 8 heteroatoms. The van der Waals surface area contributed by atoms with E-state index in [9.17, 15) is 0 Å². The lowest BCUT2D eigenvalue weighted by molar-refractivity contribution is 0.470. The zero-order valence-electron chi connectivity index (χ0n) is 19.4. The van der Waals surface area contributed by atoms with Crippen LogP contribution in [0.4, 0.5) is 0 Å². The highest BCUT2D eigenvalue weighted by Crippen LogP contribution is 2.53. The van der Waals surface area contributed by atoms with Crippen LogP contribution < -0.4 is 0 Å². The third-order valence-electron chi connectivity index (χ3n) is 6.72. The van der Waals surface area contributed by atoms with Crippen LogP contribution in [0.5, 0.6) is 0 Å². The Morgan fingerprint density at radius 2 is 1.53 bits per heavy atom. The molecule has 5 aromatic rings. The van der Waals surface area contributed by atoms with Gasteiger partial charge in [0.05, 0.1) is 21.8 Å². The monoisotopic (exact) mass is 534 g/mol. The molecule has 1 aliphatic carbocycles. The zero-order valence-corrected chi connectivity index (χ0v) is 21.6. The van der Waals surface area contributed by atoms with Gasteiger partial charge in [-0.2, -0.15) is 5.10 Å². The second-order valence-corrected chi connectivity index (χ2v) is 10.2. The fraction of sp³-hybridized carbons (Fsp3) is 0.179. The van der Waals surface area contributed by atoms with Gasteiger partial charge < -0.3 is 4.42 Å². The van der Waals surface area contributed by atoms with Gasteiger partial charge in [0.15, 0.2) is 5.69 Å². The zero-order chi connectivity index (χ0) is 24.9. The lowest BCUT2D eigenvalue weighted by Gasteiger charge is -2.11. The summed E-state index contributed by atoms with van der Waals surface area (Å²) in [6.07, 6.45) is 2.60. The largest absolute Gasteiger partial charge is 0.418 e. The van der Waals surface area contributed by atoms with Crippen LogP contribution in [-0.2, 0) is 11.8 Å². The molecule has 0 spiro atoms. The Balaban J connectivity index is 1.50. The van der Waals surface area contributed by atoms with Crippen LogP contribution in [0.25, 0.3) is 28.5 Å². The van der Waals surface area contributed by atoms with Crippen LogP contribution in [0.3, 0.4) is 0 Å². The molecule has 2 aromatic heterocycles. The minimum absolute atomic E-state index is 0.271. The van der Waals surface area contributed by atoms with Gasteiger partial charge in [-0.15, -0.1) is 10.2 Å². The molecule has 5 nitrogen and oxygen atoms in total. The molecule has 1 saturated carbocycles. The van der Waals surface area contributed by atoms with Crippen LogP contribution in [0.2, 0.25) is 15.1 Å². The van der Waals surface area contributed by atoms with Crippen molar-refractivity contribution in [2.24, 2.45) is 0 Å². The van der Waals surface area contributed by atoms with Crippen molar-refractivity contribution in [1.29, 1.82) is 0 Å². The first-order valence-corrected chi connectivity index (χ1v) is 12.9. The number of nitrogens with zero attached hydrogens (tertiary/aromatic N) is 4. The second-order valence-electron chi connectivity index (χ2n) is 8.90. The maximum atomic E-state index is 6.60. The first kappa shape index (κ1) is 23.3. The molecule has 1 aliphatic rings. The summed E-state index contributed by atoms with van der Waals surface area (Å²) in [5.41, 5.74) is 5.14. The van der Waals surface area contributed by atoms with Gasteiger partial charge in [-0.05, 0) is 61.2 Å². The Kier molecular flexibility index (Phi) is 5.87. The minimum Gasteiger partial charge on any atom is -0.418 e. The van der Waals surface area contributed by atoms with E-state index in [1.807, 2.05) is 77.5 Å². The first-order chi connectivity index (χ1) is 17.5. The summed E-state index contributed by atoms with van der Waals surface area (Å²) in [6.45, 7) is 2.09. The Bertz CT molecular complexity index is 1550. The van der Waals surface area contributed by atoms with Crippen molar-refractivity contribution in [2.75, 3.05) is 0 Å². The molecule has 0 radical (unpaired) electrons. The van der Waals surface area contributed by atoms with Crippen LogP contribution in [-0.4, -0.2) is 20.0 Å². The Morgan fingerprint density at radius 1 is 0.861 bits per heavy atom. The third-order valence-corrected chi connectivity index (χ3v) is 7.54. The molecule has 0 atom stereocenters. The van der Waals surface area contributed by atoms with E-state index in [1.165, 1.54) is 0 Å². The van der Waals surface area contributed by atoms with Crippen molar-refractivity contribution in [3.05, 3.63) is 105 Å². The van der Waals surface area contributed by atoms with E-state index in [-0.39, 0.29) is 5.41 Å². The molecule has 3 aromatic carbocycles. The van der Waals surface area contributed by atoms with E-state index in [1.54, 1.807) is 0 Å². The van der Waals surface area contributed by atoms with Crippen molar-refractivity contribution in [2.45, 2.75) is 31.6 Å². The molecule has 2 heterocycles. The lowest BCUT2D eigenvalue weighted by Crippen LogP contribution is -2.08. The normalized spacial score (nSPS) is 14.2. The maximum absolute atomic E-state index is 6.60.